The van der Waals surface area contributed by atoms with Crippen LogP contribution in [0.3, 0.4) is 0 Å². The van der Waals surface area contributed by atoms with E-state index in [9.17, 15) is 0 Å². The number of anilines is 3. The summed E-state index contributed by atoms with van der Waals surface area (Å²) >= 11 is 2.50. The second kappa shape index (κ2) is 5.92. The van der Waals surface area contributed by atoms with Crippen LogP contribution in [0.4, 0.5) is 17.3 Å². The maximum absolute atomic E-state index is 9.15. The van der Waals surface area contributed by atoms with Crippen molar-refractivity contribution >= 4 is 52.0 Å². The Morgan fingerprint density at radius 3 is 3.09 bits per heavy atom. The summed E-state index contributed by atoms with van der Waals surface area (Å²) in [5.41, 5.74) is 2.92. The van der Waals surface area contributed by atoms with Crippen LogP contribution in [-0.4, -0.2) is 19.9 Å². The summed E-state index contributed by atoms with van der Waals surface area (Å²) in [7, 11) is 0. The van der Waals surface area contributed by atoms with Gasteiger partial charge in [-0.2, -0.15) is 0 Å². The molecular formula is C16H14N4OS2. The summed E-state index contributed by atoms with van der Waals surface area (Å²) in [5, 5.41) is 7.99. The molecule has 3 N–H and O–H groups in total. The lowest BCUT2D eigenvalue weighted by atomic mass is 10.2. The lowest BCUT2D eigenvalue weighted by molar-refractivity contribution is 0.664. The van der Waals surface area contributed by atoms with E-state index in [1.165, 1.54) is 4.90 Å². The molecule has 1 unspecified atom stereocenters. The van der Waals surface area contributed by atoms with Gasteiger partial charge in [0.05, 0.1) is 21.5 Å². The third-order valence-electron chi connectivity index (χ3n) is 3.56. The van der Waals surface area contributed by atoms with Crippen LogP contribution in [0.2, 0.25) is 0 Å². The van der Waals surface area contributed by atoms with Crippen molar-refractivity contribution in [2.75, 3.05) is 10.6 Å². The first-order valence-electron chi connectivity index (χ1n) is 7.14. The number of nitrogens with zero attached hydrogens (tertiary/aromatic N) is 2. The van der Waals surface area contributed by atoms with E-state index in [-0.39, 0.29) is 0 Å². The molecular weight excluding hydrogens is 328 g/mol. The first-order valence-corrected chi connectivity index (χ1v) is 8.80. The lowest BCUT2D eigenvalue weighted by Gasteiger charge is -2.08. The zero-order valence-corrected chi connectivity index (χ0v) is 13.9. The van der Waals surface area contributed by atoms with E-state index in [2.05, 4.69) is 33.6 Å². The molecule has 4 rings (SSSR count). The van der Waals surface area contributed by atoms with Gasteiger partial charge in [-0.15, -0.1) is 0 Å². The predicted molar refractivity (Wildman–Crippen MR) is 96.7 cm³/mol. The summed E-state index contributed by atoms with van der Waals surface area (Å²) < 4.78 is 9.15. The molecule has 1 atom stereocenters. The lowest BCUT2D eigenvalue weighted by Crippen LogP contribution is -2.02. The zero-order chi connectivity index (χ0) is 15.8. The molecule has 116 valence electrons. The minimum atomic E-state index is 0.347. The first-order chi connectivity index (χ1) is 11.2. The van der Waals surface area contributed by atoms with Crippen molar-refractivity contribution in [1.82, 2.24) is 9.97 Å². The van der Waals surface area contributed by atoms with Crippen molar-refractivity contribution in [3.05, 3.63) is 42.6 Å². The number of nitrogens with one attached hydrogen (secondary N) is 2. The molecule has 0 bridgehead atoms. The normalized spacial score (nSPS) is 16.2. The SMILES string of the molecule is CC1Nc2ccc3cnc(Nc4cccc(SO)c4)nc3c2S1. The highest BCUT2D eigenvalue weighted by atomic mass is 32.2. The molecule has 0 fully saturated rings. The average molecular weight is 342 g/mol. The van der Waals surface area contributed by atoms with Crippen molar-refractivity contribution < 1.29 is 4.55 Å². The third-order valence-corrected chi connectivity index (χ3v) is 5.14. The van der Waals surface area contributed by atoms with Gasteiger partial charge in [-0.3, -0.25) is 0 Å². The van der Waals surface area contributed by atoms with Crippen LogP contribution in [0, 0.1) is 0 Å². The van der Waals surface area contributed by atoms with Gasteiger partial charge in [0.1, 0.15) is 0 Å². The Morgan fingerprint density at radius 1 is 1.30 bits per heavy atom. The van der Waals surface area contributed by atoms with Crippen molar-refractivity contribution in [3.8, 4) is 0 Å². The van der Waals surface area contributed by atoms with Gasteiger partial charge >= 0.3 is 0 Å². The highest BCUT2D eigenvalue weighted by Crippen LogP contribution is 2.42. The Labute approximate surface area is 142 Å². The molecule has 0 spiro atoms. The van der Waals surface area contributed by atoms with Crippen molar-refractivity contribution in [1.29, 1.82) is 0 Å². The highest BCUT2D eigenvalue weighted by Gasteiger charge is 2.21. The summed E-state index contributed by atoms with van der Waals surface area (Å²) in [6, 6.07) is 11.6. The number of rotatable bonds is 3. The fraction of sp³-hybridized carbons (Fsp3) is 0.125. The first kappa shape index (κ1) is 14.6. The van der Waals surface area contributed by atoms with E-state index in [4.69, 9.17) is 4.55 Å². The molecule has 0 amide bonds. The second-order valence-electron chi connectivity index (χ2n) is 5.22. The fourth-order valence-electron chi connectivity index (χ4n) is 2.55. The standard InChI is InChI=1S/C16H14N4OS2/c1-9-18-13-6-5-10-8-17-16(20-14(10)15(13)22-9)19-11-3-2-4-12(7-11)23-21/h2-9,18,21H,1H3,(H,17,19,20). The molecule has 1 aromatic heterocycles. The van der Waals surface area contributed by atoms with Crippen molar-refractivity contribution in [3.63, 3.8) is 0 Å². The van der Waals surface area contributed by atoms with Crippen LogP contribution >= 0.6 is 23.8 Å². The van der Waals surface area contributed by atoms with Crippen LogP contribution in [-0.2, 0) is 0 Å². The van der Waals surface area contributed by atoms with Crippen LogP contribution in [0.15, 0.2) is 52.4 Å². The molecule has 3 aromatic rings. The highest BCUT2D eigenvalue weighted by molar-refractivity contribution is 8.00. The molecule has 0 radical (unpaired) electrons. The second-order valence-corrected chi connectivity index (χ2v) is 7.23. The molecule has 1 aliphatic heterocycles. The Hall–Kier alpha value is -1.96. The maximum atomic E-state index is 9.15. The summed E-state index contributed by atoms with van der Waals surface area (Å²) in [4.78, 5) is 11.0. The molecule has 5 nitrogen and oxygen atoms in total. The van der Waals surface area contributed by atoms with E-state index in [0.717, 1.165) is 39.2 Å². The number of hydrogen-bond donors (Lipinski definition) is 3. The Kier molecular flexibility index (Phi) is 3.76. The van der Waals surface area contributed by atoms with Gasteiger partial charge in [0, 0.05) is 34.2 Å². The van der Waals surface area contributed by atoms with E-state index >= 15 is 0 Å². The molecule has 23 heavy (non-hydrogen) atoms. The quantitative estimate of drug-likeness (QED) is 0.590. The van der Waals surface area contributed by atoms with E-state index < -0.39 is 0 Å². The van der Waals surface area contributed by atoms with Gasteiger partial charge in [0.2, 0.25) is 5.95 Å². The molecule has 7 heteroatoms. The summed E-state index contributed by atoms with van der Waals surface area (Å²) in [5.74, 6) is 0.547. The molecule has 0 saturated carbocycles. The van der Waals surface area contributed by atoms with Crippen LogP contribution < -0.4 is 10.6 Å². The minimum absolute atomic E-state index is 0.347. The van der Waals surface area contributed by atoms with Crippen LogP contribution in [0.1, 0.15) is 6.92 Å². The molecule has 1 aliphatic rings. The molecule has 0 saturated heterocycles. The average Bonchev–Trinajstić information content (AvgIpc) is 2.96. The predicted octanol–water partition coefficient (Wildman–Crippen LogP) is 4.80. The number of fused-ring (bicyclic) bond motifs is 3. The molecule has 0 aliphatic carbocycles. The minimum Gasteiger partial charge on any atom is -0.372 e. The van der Waals surface area contributed by atoms with Crippen molar-refractivity contribution in [2.45, 2.75) is 22.1 Å². The number of hydrogen-bond acceptors (Lipinski definition) is 7. The van der Waals surface area contributed by atoms with E-state index in [1.807, 2.05) is 36.5 Å². The molecule has 2 heterocycles. The smallest absolute Gasteiger partial charge is 0.227 e. The van der Waals surface area contributed by atoms with Gasteiger partial charge in [0.25, 0.3) is 0 Å². The number of thioether (sulfide) groups is 1. The van der Waals surface area contributed by atoms with Gasteiger partial charge in [-0.05, 0) is 37.3 Å². The van der Waals surface area contributed by atoms with Crippen LogP contribution in [0.5, 0.6) is 0 Å². The molecule has 2 aromatic carbocycles. The largest absolute Gasteiger partial charge is 0.372 e. The maximum Gasteiger partial charge on any atom is 0.227 e. The van der Waals surface area contributed by atoms with Gasteiger partial charge in [-0.1, -0.05) is 17.8 Å². The van der Waals surface area contributed by atoms with Gasteiger partial charge in [-0.25, -0.2) is 9.97 Å². The van der Waals surface area contributed by atoms with E-state index in [0.29, 0.717) is 11.3 Å². The Morgan fingerprint density at radius 2 is 2.22 bits per heavy atom. The topological polar surface area (TPSA) is 70.1 Å². The summed E-state index contributed by atoms with van der Waals surface area (Å²) in [6.07, 6.45) is 1.83. The van der Waals surface area contributed by atoms with Crippen molar-refractivity contribution in [2.24, 2.45) is 0 Å². The van der Waals surface area contributed by atoms with Crippen LogP contribution in [0.25, 0.3) is 10.9 Å². The van der Waals surface area contributed by atoms with Gasteiger partial charge < -0.3 is 15.2 Å². The third kappa shape index (κ3) is 2.83. The number of benzene rings is 2. The monoisotopic (exact) mass is 342 g/mol. The Bertz CT molecular complexity index is 887. The summed E-state index contributed by atoms with van der Waals surface area (Å²) in [6.45, 7) is 2.13. The zero-order valence-electron chi connectivity index (χ0n) is 12.3. The van der Waals surface area contributed by atoms with E-state index in [1.54, 1.807) is 11.8 Å². The van der Waals surface area contributed by atoms with Gasteiger partial charge in [0.15, 0.2) is 0 Å². The number of aromatic nitrogens is 2. The fourth-order valence-corrected chi connectivity index (χ4v) is 3.94. The Balaban J connectivity index is 1.72.